The second-order valence-corrected chi connectivity index (χ2v) is 7.97. The van der Waals surface area contributed by atoms with Crippen molar-refractivity contribution in [2.24, 2.45) is 5.41 Å². The van der Waals surface area contributed by atoms with Gasteiger partial charge in [-0.25, -0.2) is 0 Å². The molecule has 0 aromatic heterocycles. The van der Waals surface area contributed by atoms with E-state index in [9.17, 15) is 0 Å². The third-order valence-electron chi connectivity index (χ3n) is 4.76. The first-order valence-corrected chi connectivity index (χ1v) is 11.8. The van der Waals surface area contributed by atoms with Crippen molar-refractivity contribution in [3.63, 3.8) is 0 Å². The van der Waals surface area contributed by atoms with Crippen LogP contribution in [0.3, 0.4) is 0 Å². The number of unbranched alkanes of at least 4 members (excludes halogenated alkanes) is 2. The molecule has 0 amide bonds. The Labute approximate surface area is 219 Å². The molecule has 0 unspecified atom stereocenters. The zero-order valence-electron chi connectivity index (χ0n) is 21.3. The van der Waals surface area contributed by atoms with Gasteiger partial charge in [-0.15, -0.1) is 10.5 Å². The molecule has 0 spiro atoms. The molecule has 0 aliphatic carbocycles. The predicted octanol–water partition coefficient (Wildman–Crippen LogP) is 3.40. The zero-order valence-corrected chi connectivity index (χ0v) is 21.3. The molecule has 12 nitrogen and oxygen atoms in total. The molecule has 12 heteroatoms. The Bertz CT molecular complexity index is 728. The number of ether oxygens (including phenoxy) is 8. The lowest BCUT2D eigenvalue weighted by Gasteiger charge is -2.33. The Kier molecular flexibility index (Phi) is 21.9. The van der Waals surface area contributed by atoms with Crippen LogP contribution >= 0.6 is 0 Å². The lowest BCUT2D eigenvalue weighted by atomic mass is 9.92. The van der Waals surface area contributed by atoms with E-state index < -0.39 is 5.41 Å². The Balaban J connectivity index is 5.04. The van der Waals surface area contributed by atoms with Gasteiger partial charge in [0.1, 0.15) is 24.7 Å². The summed E-state index contributed by atoms with van der Waals surface area (Å²) in [5, 5.41) is 34.1. The maximum atomic E-state index is 8.59. The first-order valence-electron chi connectivity index (χ1n) is 11.8. The van der Waals surface area contributed by atoms with Crippen LogP contribution < -0.4 is 0 Å². The van der Waals surface area contributed by atoms with Gasteiger partial charge in [-0.3, -0.25) is 0 Å². The molecule has 0 atom stereocenters. The Morgan fingerprint density at radius 3 is 1.22 bits per heavy atom. The van der Waals surface area contributed by atoms with Gasteiger partial charge in [-0.2, -0.15) is 10.5 Å². The number of nitriles is 4. The lowest BCUT2D eigenvalue weighted by Crippen LogP contribution is -2.42. The van der Waals surface area contributed by atoms with E-state index in [0.717, 1.165) is 0 Å². The van der Waals surface area contributed by atoms with E-state index in [2.05, 4.69) is 32.1 Å². The highest BCUT2D eigenvalue weighted by atomic mass is 16.5. The highest BCUT2D eigenvalue weighted by Gasteiger charge is 2.32. The van der Waals surface area contributed by atoms with Gasteiger partial charge in [0.15, 0.2) is 0 Å². The van der Waals surface area contributed by atoms with Crippen LogP contribution in [0, 0.1) is 51.5 Å². The van der Waals surface area contributed by atoms with Crippen LogP contribution in [0.4, 0.5) is 0 Å². The molecule has 0 N–H and O–H groups in total. The summed E-state index contributed by atoms with van der Waals surface area (Å²) < 4.78 is 42.3. The van der Waals surface area contributed by atoms with E-state index in [1.807, 2.05) is 0 Å². The third-order valence-corrected chi connectivity index (χ3v) is 4.76. The highest BCUT2D eigenvalue weighted by Crippen LogP contribution is 2.22. The summed E-state index contributed by atoms with van der Waals surface area (Å²) in [4.78, 5) is 0. The van der Waals surface area contributed by atoms with Crippen LogP contribution in [0.15, 0.2) is 24.7 Å². The molecule has 0 saturated heterocycles. The van der Waals surface area contributed by atoms with E-state index in [1.165, 1.54) is 0 Å². The van der Waals surface area contributed by atoms with Gasteiger partial charge in [0, 0.05) is 26.1 Å². The average Bonchev–Trinajstić information content (AvgIpc) is 2.88. The fraction of sp³-hybridized carbons (Fsp3) is 0.680. The summed E-state index contributed by atoms with van der Waals surface area (Å²) >= 11 is 0. The molecular formula is C25H36N4O8. The highest BCUT2D eigenvalue weighted by molar-refractivity contribution is 4.87. The first-order chi connectivity index (χ1) is 18.0. The molecule has 0 aliphatic heterocycles. The summed E-state index contributed by atoms with van der Waals surface area (Å²) in [6.45, 7) is 10.4. The molecule has 0 saturated carbocycles. The van der Waals surface area contributed by atoms with Crippen molar-refractivity contribution in [1.29, 1.82) is 21.0 Å². The van der Waals surface area contributed by atoms with E-state index >= 15 is 0 Å². The third kappa shape index (κ3) is 20.4. The summed E-state index contributed by atoms with van der Waals surface area (Å²) in [5.74, 6) is 0.596. The summed E-state index contributed by atoms with van der Waals surface area (Å²) in [6, 6.07) is 0. The topological polar surface area (TPSA) is 169 Å². The Hall–Kier alpha value is -3.52. The molecule has 0 aromatic carbocycles. The number of rotatable bonds is 26. The SMILES string of the molecule is C=C(CCOCC(COCCCCOC#N)(COCCCCOC#N)COCCC(=C)OC#N)OC#N. The van der Waals surface area contributed by atoms with Gasteiger partial charge in [-0.1, -0.05) is 13.2 Å². The number of hydrogen-bond acceptors (Lipinski definition) is 12. The second-order valence-electron chi connectivity index (χ2n) is 7.97. The zero-order chi connectivity index (χ0) is 27.5. The predicted molar refractivity (Wildman–Crippen MR) is 128 cm³/mol. The number of nitrogens with zero attached hydrogens (tertiary/aromatic N) is 4. The molecule has 0 aliphatic rings. The van der Waals surface area contributed by atoms with Crippen LogP contribution in [0.1, 0.15) is 38.5 Å². The smallest absolute Gasteiger partial charge is 0.291 e. The molecule has 0 heterocycles. The average molecular weight is 521 g/mol. The van der Waals surface area contributed by atoms with E-state index in [4.69, 9.17) is 40.0 Å². The van der Waals surface area contributed by atoms with Crippen molar-refractivity contribution in [3.8, 4) is 25.0 Å². The van der Waals surface area contributed by atoms with Gasteiger partial charge in [0.2, 0.25) is 0 Å². The van der Waals surface area contributed by atoms with E-state index in [-0.39, 0.29) is 39.6 Å². The maximum Gasteiger partial charge on any atom is 0.291 e. The second kappa shape index (κ2) is 24.2. The lowest BCUT2D eigenvalue weighted by molar-refractivity contribution is -0.107. The first kappa shape index (κ1) is 33.5. The molecule has 0 aromatic rings. The van der Waals surface area contributed by atoms with Crippen LogP contribution in [-0.2, 0) is 37.9 Å². The number of hydrogen-bond donors (Lipinski definition) is 0. The van der Waals surface area contributed by atoms with Crippen LogP contribution in [0.5, 0.6) is 0 Å². The summed E-state index contributed by atoms with van der Waals surface area (Å²) in [5.41, 5.74) is -0.666. The van der Waals surface area contributed by atoms with Crippen LogP contribution in [0.2, 0.25) is 0 Å². The van der Waals surface area contributed by atoms with E-state index in [1.54, 1.807) is 25.0 Å². The van der Waals surface area contributed by atoms with Crippen molar-refractivity contribution >= 4 is 0 Å². The largest absolute Gasteiger partial charge is 0.428 e. The van der Waals surface area contributed by atoms with Gasteiger partial charge in [-0.05, 0) is 25.7 Å². The van der Waals surface area contributed by atoms with Crippen molar-refractivity contribution in [3.05, 3.63) is 24.7 Å². The maximum absolute atomic E-state index is 8.59. The fourth-order valence-corrected chi connectivity index (χ4v) is 2.86. The molecule has 0 rings (SSSR count). The van der Waals surface area contributed by atoms with Gasteiger partial charge >= 0.3 is 0 Å². The van der Waals surface area contributed by atoms with Crippen LogP contribution in [0.25, 0.3) is 0 Å². The Morgan fingerprint density at radius 1 is 0.514 bits per heavy atom. The summed E-state index contributed by atoms with van der Waals surface area (Å²) in [7, 11) is 0. The molecule has 37 heavy (non-hydrogen) atoms. The van der Waals surface area contributed by atoms with Gasteiger partial charge in [0.25, 0.3) is 25.0 Å². The van der Waals surface area contributed by atoms with E-state index in [0.29, 0.717) is 76.5 Å². The van der Waals surface area contributed by atoms with Crippen LogP contribution in [-0.4, -0.2) is 66.1 Å². The normalized spacial score (nSPS) is 10.3. The van der Waals surface area contributed by atoms with Crippen molar-refractivity contribution in [2.75, 3.05) is 66.1 Å². The Morgan fingerprint density at radius 2 is 0.865 bits per heavy atom. The van der Waals surface area contributed by atoms with Crippen molar-refractivity contribution < 1.29 is 37.9 Å². The summed E-state index contributed by atoms with van der Waals surface area (Å²) in [6.07, 6.45) is 9.87. The van der Waals surface area contributed by atoms with Crippen molar-refractivity contribution in [2.45, 2.75) is 38.5 Å². The fourth-order valence-electron chi connectivity index (χ4n) is 2.86. The van der Waals surface area contributed by atoms with Crippen molar-refractivity contribution in [1.82, 2.24) is 0 Å². The molecule has 0 fully saturated rings. The minimum atomic E-state index is -0.666. The quantitative estimate of drug-likeness (QED) is 0.0926. The van der Waals surface area contributed by atoms with Gasteiger partial charge < -0.3 is 37.9 Å². The van der Waals surface area contributed by atoms with Gasteiger partial charge in [0.05, 0.1) is 45.1 Å². The molecule has 204 valence electrons. The molecular weight excluding hydrogens is 484 g/mol. The molecule has 0 radical (unpaired) electrons. The minimum Gasteiger partial charge on any atom is -0.428 e. The monoisotopic (exact) mass is 520 g/mol. The standard InChI is InChI=1S/C25H36N4O8/c1-23(36-21-28)7-13-32-17-25(15-30-9-3-5-11-34-19-26,16-31-10-4-6-12-35-20-27)18-33-14-8-24(2)37-22-29/h1-18H2. The minimum absolute atomic E-state index is 0.234. The molecule has 0 bridgehead atoms.